The summed E-state index contributed by atoms with van der Waals surface area (Å²) in [5.41, 5.74) is 0. The number of rotatable bonds is 6. The van der Waals surface area contributed by atoms with Crippen molar-refractivity contribution in [3.8, 4) is 0 Å². The van der Waals surface area contributed by atoms with Crippen molar-refractivity contribution in [2.24, 2.45) is 5.92 Å². The standard InChI is InChI=1S/C11H19NO3/c1-9(2)10(13)6-5-7-12(3)8-11(14)15-4/h5-6,9H,7-8H2,1-4H3/b6-5+. The summed E-state index contributed by atoms with van der Waals surface area (Å²) in [6.45, 7) is 4.50. The zero-order chi connectivity index (χ0) is 11.8. The molecule has 15 heavy (non-hydrogen) atoms. The molecule has 0 aliphatic carbocycles. The van der Waals surface area contributed by atoms with Crippen LogP contribution in [0, 0.1) is 5.92 Å². The zero-order valence-corrected chi connectivity index (χ0v) is 9.82. The van der Waals surface area contributed by atoms with Gasteiger partial charge in [-0.3, -0.25) is 14.5 Å². The molecule has 0 rings (SSSR count). The number of hydrogen-bond donors (Lipinski definition) is 0. The maximum Gasteiger partial charge on any atom is 0.319 e. The fourth-order valence-corrected chi connectivity index (χ4v) is 0.891. The highest BCUT2D eigenvalue weighted by molar-refractivity contribution is 5.91. The molecule has 0 saturated carbocycles. The van der Waals surface area contributed by atoms with E-state index in [1.54, 1.807) is 24.1 Å². The molecule has 0 N–H and O–H groups in total. The number of methoxy groups -OCH3 is 1. The molecule has 0 bridgehead atoms. The number of ketones is 1. The van der Waals surface area contributed by atoms with Crippen molar-refractivity contribution in [1.29, 1.82) is 0 Å². The van der Waals surface area contributed by atoms with E-state index in [-0.39, 0.29) is 24.2 Å². The number of nitrogens with zero attached hydrogens (tertiary/aromatic N) is 1. The van der Waals surface area contributed by atoms with Crippen molar-refractivity contribution in [3.63, 3.8) is 0 Å². The third-order valence-corrected chi connectivity index (χ3v) is 1.89. The minimum Gasteiger partial charge on any atom is -0.468 e. The summed E-state index contributed by atoms with van der Waals surface area (Å²) >= 11 is 0. The third-order valence-electron chi connectivity index (χ3n) is 1.89. The molecular weight excluding hydrogens is 194 g/mol. The molecule has 0 heterocycles. The van der Waals surface area contributed by atoms with Gasteiger partial charge >= 0.3 is 5.97 Å². The van der Waals surface area contributed by atoms with Gasteiger partial charge in [0.05, 0.1) is 13.7 Å². The minimum absolute atomic E-state index is 0.0205. The highest BCUT2D eigenvalue weighted by atomic mass is 16.5. The van der Waals surface area contributed by atoms with Crippen LogP contribution in [0.3, 0.4) is 0 Å². The van der Waals surface area contributed by atoms with E-state index in [9.17, 15) is 9.59 Å². The van der Waals surface area contributed by atoms with Gasteiger partial charge in [-0.15, -0.1) is 0 Å². The van der Waals surface area contributed by atoms with E-state index in [4.69, 9.17) is 0 Å². The summed E-state index contributed by atoms with van der Waals surface area (Å²) in [7, 11) is 3.15. The Labute approximate surface area is 90.9 Å². The Balaban J connectivity index is 3.85. The molecule has 4 heteroatoms. The van der Waals surface area contributed by atoms with Crippen LogP contribution in [0.25, 0.3) is 0 Å². The molecule has 0 unspecified atom stereocenters. The van der Waals surface area contributed by atoms with Crippen molar-refractivity contribution in [2.75, 3.05) is 27.2 Å². The van der Waals surface area contributed by atoms with Gasteiger partial charge in [0, 0.05) is 12.5 Å². The van der Waals surface area contributed by atoms with Crippen LogP contribution in [-0.4, -0.2) is 43.9 Å². The molecular formula is C11H19NO3. The lowest BCUT2D eigenvalue weighted by Gasteiger charge is -2.11. The zero-order valence-electron chi connectivity index (χ0n) is 9.82. The van der Waals surface area contributed by atoms with Crippen LogP contribution >= 0.6 is 0 Å². The molecule has 0 aromatic heterocycles. The van der Waals surface area contributed by atoms with Crippen molar-refractivity contribution in [3.05, 3.63) is 12.2 Å². The topological polar surface area (TPSA) is 46.6 Å². The van der Waals surface area contributed by atoms with Gasteiger partial charge in [0.25, 0.3) is 0 Å². The van der Waals surface area contributed by atoms with Crippen molar-refractivity contribution < 1.29 is 14.3 Å². The average molecular weight is 213 g/mol. The van der Waals surface area contributed by atoms with Crippen LogP contribution in [0.4, 0.5) is 0 Å². The fraction of sp³-hybridized carbons (Fsp3) is 0.636. The second kappa shape index (κ2) is 7.17. The normalized spacial score (nSPS) is 11.3. The Morgan fingerprint density at radius 3 is 2.47 bits per heavy atom. The third kappa shape index (κ3) is 6.85. The maximum atomic E-state index is 11.2. The van der Waals surface area contributed by atoms with Gasteiger partial charge in [0.15, 0.2) is 5.78 Å². The Hall–Kier alpha value is -1.16. The van der Waals surface area contributed by atoms with Gasteiger partial charge < -0.3 is 4.74 Å². The lowest BCUT2D eigenvalue weighted by molar-refractivity contribution is -0.141. The molecule has 4 nitrogen and oxygen atoms in total. The van der Waals surface area contributed by atoms with E-state index in [0.717, 1.165) is 0 Å². The Morgan fingerprint density at radius 2 is 2.00 bits per heavy atom. The van der Waals surface area contributed by atoms with Gasteiger partial charge in [0.1, 0.15) is 0 Å². The first kappa shape index (κ1) is 13.8. The number of allylic oxidation sites excluding steroid dienone is 1. The predicted molar refractivity (Wildman–Crippen MR) is 58.5 cm³/mol. The summed E-state index contributed by atoms with van der Waals surface area (Å²) in [4.78, 5) is 23.9. The first-order valence-electron chi connectivity index (χ1n) is 4.93. The number of likely N-dealkylation sites (N-methyl/N-ethyl adjacent to an activating group) is 1. The SMILES string of the molecule is COC(=O)CN(C)C/C=C/C(=O)C(C)C. The summed E-state index contributed by atoms with van der Waals surface area (Å²) in [6, 6.07) is 0. The lowest BCUT2D eigenvalue weighted by atomic mass is 10.1. The summed E-state index contributed by atoms with van der Waals surface area (Å²) in [5, 5.41) is 0. The van der Waals surface area contributed by atoms with Crippen LogP contribution in [0.1, 0.15) is 13.8 Å². The van der Waals surface area contributed by atoms with Gasteiger partial charge in [-0.2, -0.15) is 0 Å². The predicted octanol–water partition coefficient (Wildman–Crippen LogP) is 0.872. The van der Waals surface area contributed by atoms with E-state index < -0.39 is 0 Å². The van der Waals surface area contributed by atoms with Gasteiger partial charge in [-0.25, -0.2) is 0 Å². The second-order valence-electron chi connectivity index (χ2n) is 3.73. The van der Waals surface area contributed by atoms with Crippen LogP contribution in [0.5, 0.6) is 0 Å². The Kier molecular flexibility index (Phi) is 6.62. The molecule has 0 radical (unpaired) electrons. The van der Waals surface area contributed by atoms with Crippen LogP contribution in [-0.2, 0) is 14.3 Å². The van der Waals surface area contributed by atoms with Crippen molar-refractivity contribution in [1.82, 2.24) is 4.90 Å². The largest absolute Gasteiger partial charge is 0.468 e. The number of hydrogen-bond acceptors (Lipinski definition) is 4. The number of ether oxygens (including phenoxy) is 1. The minimum atomic E-state index is -0.277. The first-order chi connectivity index (χ1) is 6.97. The average Bonchev–Trinajstić information content (AvgIpc) is 2.17. The molecule has 0 amide bonds. The molecule has 0 spiro atoms. The van der Waals surface area contributed by atoms with Crippen molar-refractivity contribution >= 4 is 11.8 Å². The molecule has 0 aliphatic rings. The van der Waals surface area contributed by atoms with E-state index in [0.29, 0.717) is 6.54 Å². The summed E-state index contributed by atoms with van der Waals surface area (Å²) in [5.74, 6) is -0.158. The van der Waals surface area contributed by atoms with E-state index in [2.05, 4.69) is 4.74 Å². The molecule has 0 saturated heterocycles. The lowest BCUT2D eigenvalue weighted by Crippen LogP contribution is -2.26. The van der Waals surface area contributed by atoms with Crippen molar-refractivity contribution in [2.45, 2.75) is 13.8 Å². The number of carbonyl (C=O) groups excluding carboxylic acids is 2. The molecule has 86 valence electrons. The van der Waals surface area contributed by atoms with Gasteiger partial charge in [-0.05, 0) is 13.1 Å². The highest BCUT2D eigenvalue weighted by Crippen LogP contribution is 1.95. The Bertz CT molecular complexity index is 246. The van der Waals surface area contributed by atoms with Gasteiger partial charge in [-0.1, -0.05) is 19.9 Å². The first-order valence-corrected chi connectivity index (χ1v) is 4.93. The Morgan fingerprint density at radius 1 is 1.40 bits per heavy atom. The van der Waals surface area contributed by atoms with Gasteiger partial charge in [0.2, 0.25) is 0 Å². The smallest absolute Gasteiger partial charge is 0.319 e. The monoisotopic (exact) mass is 213 g/mol. The van der Waals surface area contributed by atoms with E-state index >= 15 is 0 Å². The van der Waals surface area contributed by atoms with Crippen LogP contribution in [0.15, 0.2) is 12.2 Å². The number of esters is 1. The molecule has 0 aromatic rings. The number of carbonyl (C=O) groups is 2. The van der Waals surface area contributed by atoms with E-state index in [1.807, 2.05) is 13.8 Å². The van der Waals surface area contributed by atoms with Crippen LogP contribution < -0.4 is 0 Å². The quantitative estimate of drug-likeness (QED) is 0.485. The molecule has 0 fully saturated rings. The fourth-order valence-electron chi connectivity index (χ4n) is 0.891. The highest BCUT2D eigenvalue weighted by Gasteiger charge is 2.05. The summed E-state index contributed by atoms with van der Waals surface area (Å²) < 4.78 is 4.51. The molecule has 0 atom stereocenters. The summed E-state index contributed by atoms with van der Waals surface area (Å²) in [6.07, 6.45) is 3.31. The van der Waals surface area contributed by atoms with Crippen LogP contribution in [0.2, 0.25) is 0 Å². The second-order valence-corrected chi connectivity index (χ2v) is 3.73. The molecule has 0 aromatic carbocycles. The molecule has 0 aliphatic heterocycles. The maximum absolute atomic E-state index is 11.2. The van der Waals surface area contributed by atoms with E-state index in [1.165, 1.54) is 7.11 Å².